The Bertz CT molecular complexity index is 801. The Hall–Kier alpha value is -2.08. The fraction of sp³-hybridized carbons (Fsp3) is 0.312. The molecule has 5 nitrogen and oxygen atoms in total. The molecule has 0 spiro atoms. The fourth-order valence-corrected chi connectivity index (χ4v) is 3.77. The summed E-state index contributed by atoms with van der Waals surface area (Å²) in [5, 5.41) is 0. The molecule has 0 aliphatic rings. The first-order valence-corrected chi connectivity index (χ1v) is 8.41. The van der Waals surface area contributed by atoms with Gasteiger partial charge in [0, 0.05) is 11.9 Å². The van der Waals surface area contributed by atoms with Crippen molar-refractivity contribution in [3.05, 3.63) is 52.8 Å². The minimum absolute atomic E-state index is 0.187. The van der Waals surface area contributed by atoms with Crippen LogP contribution in [0.1, 0.15) is 34.1 Å². The molecule has 118 valence electrons. The van der Waals surface area contributed by atoms with Crippen molar-refractivity contribution in [1.82, 2.24) is 3.97 Å². The smallest absolute Gasteiger partial charge is 0.340 e. The lowest BCUT2D eigenvalue weighted by Gasteiger charge is -2.09. The third-order valence-electron chi connectivity index (χ3n) is 3.45. The van der Waals surface area contributed by atoms with E-state index >= 15 is 0 Å². The molecule has 0 atom stereocenters. The van der Waals surface area contributed by atoms with Gasteiger partial charge in [0.15, 0.2) is 0 Å². The number of aromatic nitrogens is 1. The van der Waals surface area contributed by atoms with Gasteiger partial charge in [-0.25, -0.2) is 17.2 Å². The predicted molar refractivity (Wildman–Crippen MR) is 83.6 cm³/mol. The normalized spacial score (nSPS) is 11.5. The molecule has 0 amide bonds. The quantitative estimate of drug-likeness (QED) is 0.812. The SMILES string of the molecule is CCOC(=O)c1c(C)cn(S(=O)(=O)c2ccc(C)cc2)c1C. The Labute approximate surface area is 130 Å². The maximum absolute atomic E-state index is 12.7. The summed E-state index contributed by atoms with van der Waals surface area (Å²) in [4.78, 5) is 12.2. The molecule has 0 aliphatic carbocycles. The van der Waals surface area contributed by atoms with Crippen LogP contribution in [0.2, 0.25) is 0 Å². The van der Waals surface area contributed by atoms with E-state index in [0.717, 1.165) is 9.54 Å². The second kappa shape index (κ2) is 5.96. The van der Waals surface area contributed by atoms with Crippen LogP contribution >= 0.6 is 0 Å². The number of esters is 1. The molecule has 1 aromatic carbocycles. The van der Waals surface area contributed by atoms with Crippen molar-refractivity contribution in [2.45, 2.75) is 32.6 Å². The standard InChI is InChI=1S/C16H19NO4S/c1-5-21-16(18)15-12(3)10-17(13(15)4)22(19,20)14-8-6-11(2)7-9-14/h6-10H,5H2,1-4H3. The van der Waals surface area contributed by atoms with Crippen LogP contribution in [0, 0.1) is 20.8 Å². The van der Waals surface area contributed by atoms with Gasteiger partial charge in [-0.05, 0) is 45.4 Å². The highest BCUT2D eigenvalue weighted by molar-refractivity contribution is 7.90. The van der Waals surface area contributed by atoms with Crippen LogP contribution in [0.3, 0.4) is 0 Å². The summed E-state index contributed by atoms with van der Waals surface area (Å²) in [6.45, 7) is 7.14. The van der Waals surface area contributed by atoms with E-state index in [2.05, 4.69) is 0 Å². The summed E-state index contributed by atoms with van der Waals surface area (Å²) >= 11 is 0. The van der Waals surface area contributed by atoms with Crippen molar-refractivity contribution in [3.63, 3.8) is 0 Å². The number of rotatable bonds is 4. The average Bonchev–Trinajstić information content (AvgIpc) is 2.75. The molecule has 1 aromatic heterocycles. The van der Waals surface area contributed by atoms with Crippen LogP contribution in [0.15, 0.2) is 35.4 Å². The van der Waals surface area contributed by atoms with E-state index in [1.165, 1.54) is 6.20 Å². The van der Waals surface area contributed by atoms with Gasteiger partial charge in [0.1, 0.15) is 0 Å². The number of benzene rings is 1. The number of hydrogen-bond donors (Lipinski definition) is 0. The molecular weight excluding hydrogens is 302 g/mol. The Morgan fingerprint density at radius 1 is 1.14 bits per heavy atom. The van der Waals surface area contributed by atoms with Crippen molar-refractivity contribution in [2.24, 2.45) is 0 Å². The third-order valence-corrected chi connectivity index (χ3v) is 5.22. The van der Waals surface area contributed by atoms with Gasteiger partial charge in [-0.3, -0.25) is 0 Å². The molecule has 0 radical (unpaired) electrons. The van der Waals surface area contributed by atoms with Crippen molar-refractivity contribution < 1.29 is 17.9 Å². The Morgan fingerprint density at radius 3 is 2.27 bits per heavy atom. The zero-order valence-electron chi connectivity index (χ0n) is 13.1. The van der Waals surface area contributed by atoms with Crippen LogP contribution in [0.4, 0.5) is 0 Å². The predicted octanol–water partition coefficient (Wildman–Crippen LogP) is 2.83. The summed E-state index contributed by atoms with van der Waals surface area (Å²) in [5.41, 5.74) is 2.22. The van der Waals surface area contributed by atoms with Crippen LogP contribution in [-0.4, -0.2) is 25.0 Å². The second-order valence-electron chi connectivity index (χ2n) is 5.11. The summed E-state index contributed by atoms with van der Waals surface area (Å²) in [7, 11) is -3.73. The van der Waals surface area contributed by atoms with E-state index < -0.39 is 16.0 Å². The topological polar surface area (TPSA) is 65.4 Å². The first-order valence-electron chi connectivity index (χ1n) is 6.97. The van der Waals surface area contributed by atoms with Gasteiger partial charge >= 0.3 is 5.97 Å². The van der Waals surface area contributed by atoms with E-state index in [0.29, 0.717) is 16.8 Å². The first kappa shape index (κ1) is 16.3. The van der Waals surface area contributed by atoms with Crippen LogP contribution in [0.5, 0.6) is 0 Å². The van der Waals surface area contributed by atoms with Crippen LogP contribution in [-0.2, 0) is 14.8 Å². The molecule has 0 fully saturated rings. The van der Waals surface area contributed by atoms with E-state index in [9.17, 15) is 13.2 Å². The molecule has 1 heterocycles. The van der Waals surface area contributed by atoms with Crippen molar-refractivity contribution in [1.29, 1.82) is 0 Å². The van der Waals surface area contributed by atoms with E-state index in [-0.39, 0.29) is 11.5 Å². The number of hydrogen-bond acceptors (Lipinski definition) is 4. The molecule has 0 N–H and O–H groups in total. The minimum atomic E-state index is -3.73. The van der Waals surface area contributed by atoms with E-state index in [1.807, 2.05) is 6.92 Å². The molecule has 0 unspecified atom stereocenters. The van der Waals surface area contributed by atoms with Gasteiger partial charge < -0.3 is 4.74 Å². The van der Waals surface area contributed by atoms with Gasteiger partial charge in [-0.1, -0.05) is 17.7 Å². The maximum Gasteiger partial charge on any atom is 0.340 e. The zero-order valence-corrected chi connectivity index (χ0v) is 13.9. The largest absolute Gasteiger partial charge is 0.462 e. The summed E-state index contributed by atoms with van der Waals surface area (Å²) in [5.74, 6) is -0.504. The Kier molecular flexibility index (Phi) is 4.42. The Balaban J connectivity index is 2.56. The number of nitrogens with zero attached hydrogens (tertiary/aromatic N) is 1. The summed E-state index contributed by atoms with van der Waals surface area (Å²) in [6.07, 6.45) is 1.46. The van der Waals surface area contributed by atoms with Gasteiger partial charge in [-0.15, -0.1) is 0 Å². The number of carbonyl (C=O) groups excluding carboxylic acids is 1. The maximum atomic E-state index is 12.7. The zero-order chi connectivity index (χ0) is 16.5. The van der Waals surface area contributed by atoms with Crippen molar-refractivity contribution >= 4 is 16.0 Å². The molecular formula is C16H19NO4S. The van der Waals surface area contributed by atoms with Gasteiger partial charge in [0.2, 0.25) is 0 Å². The lowest BCUT2D eigenvalue weighted by atomic mass is 10.2. The second-order valence-corrected chi connectivity index (χ2v) is 6.92. The van der Waals surface area contributed by atoms with Gasteiger partial charge in [0.05, 0.1) is 17.1 Å². The highest BCUT2D eigenvalue weighted by Crippen LogP contribution is 2.23. The minimum Gasteiger partial charge on any atom is -0.462 e. The lowest BCUT2D eigenvalue weighted by molar-refractivity contribution is 0.0525. The first-order chi connectivity index (χ1) is 10.3. The fourth-order valence-electron chi connectivity index (χ4n) is 2.32. The Morgan fingerprint density at radius 2 is 1.73 bits per heavy atom. The molecule has 0 saturated carbocycles. The van der Waals surface area contributed by atoms with E-state index in [4.69, 9.17) is 4.74 Å². The molecule has 0 bridgehead atoms. The molecule has 22 heavy (non-hydrogen) atoms. The van der Waals surface area contributed by atoms with Crippen LogP contribution < -0.4 is 0 Å². The summed E-state index contributed by atoms with van der Waals surface area (Å²) < 4.78 is 31.6. The number of ether oxygens (including phenoxy) is 1. The lowest BCUT2D eigenvalue weighted by Crippen LogP contribution is -2.15. The monoisotopic (exact) mass is 321 g/mol. The van der Waals surface area contributed by atoms with E-state index in [1.54, 1.807) is 45.0 Å². The van der Waals surface area contributed by atoms with Crippen LogP contribution in [0.25, 0.3) is 0 Å². The van der Waals surface area contributed by atoms with Gasteiger partial charge in [-0.2, -0.15) is 0 Å². The van der Waals surface area contributed by atoms with Crippen molar-refractivity contribution in [3.8, 4) is 0 Å². The summed E-state index contributed by atoms with van der Waals surface area (Å²) in [6, 6.07) is 6.60. The van der Waals surface area contributed by atoms with Gasteiger partial charge in [0.25, 0.3) is 10.0 Å². The highest BCUT2D eigenvalue weighted by Gasteiger charge is 2.25. The molecule has 2 rings (SSSR count). The molecule has 2 aromatic rings. The number of aryl methyl sites for hydroxylation is 2. The van der Waals surface area contributed by atoms with Crippen molar-refractivity contribution in [2.75, 3.05) is 6.61 Å². The number of carbonyl (C=O) groups is 1. The highest BCUT2D eigenvalue weighted by atomic mass is 32.2. The molecule has 0 aliphatic heterocycles. The third kappa shape index (κ3) is 2.78. The molecule has 6 heteroatoms. The average molecular weight is 321 g/mol. The molecule has 0 saturated heterocycles.